The Bertz CT molecular complexity index is 451. The molecule has 0 bridgehead atoms. The zero-order valence-electron chi connectivity index (χ0n) is 12.2. The minimum atomic E-state index is -0.607. The van der Waals surface area contributed by atoms with Gasteiger partial charge in [-0.3, -0.25) is 0 Å². The molecular formula is C17H24F2. The summed E-state index contributed by atoms with van der Waals surface area (Å²) in [5.41, 5.74) is 2.25. The van der Waals surface area contributed by atoms with E-state index in [1.165, 1.54) is 0 Å². The van der Waals surface area contributed by atoms with Crippen LogP contribution in [0.4, 0.5) is 8.78 Å². The molecule has 0 fully saturated rings. The smallest absolute Gasteiger partial charge is 0.162 e. The topological polar surface area (TPSA) is 0 Å². The molecule has 0 saturated heterocycles. The molecule has 0 aliphatic heterocycles. The summed E-state index contributed by atoms with van der Waals surface area (Å²) < 4.78 is 28.4. The van der Waals surface area contributed by atoms with Crippen molar-refractivity contribution in [3.63, 3.8) is 0 Å². The number of benzene rings is 1. The van der Waals surface area contributed by atoms with Crippen LogP contribution in [-0.2, 0) is 12.8 Å². The van der Waals surface area contributed by atoms with E-state index >= 15 is 0 Å². The molecule has 0 N–H and O–H groups in total. The van der Waals surface area contributed by atoms with Gasteiger partial charge in [0.25, 0.3) is 0 Å². The van der Waals surface area contributed by atoms with E-state index in [0.29, 0.717) is 23.5 Å². The second kappa shape index (κ2) is 6.02. The summed E-state index contributed by atoms with van der Waals surface area (Å²) in [6, 6.07) is 1.91. The second-order valence-electron chi connectivity index (χ2n) is 5.86. The highest BCUT2D eigenvalue weighted by molar-refractivity contribution is 5.39. The first-order valence-corrected chi connectivity index (χ1v) is 7.59. The van der Waals surface area contributed by atoms with Crippen LogP contribution < -0.4 is 0 Å². The molecule has 0 radical (unpaired) electrons. The van der Waals surface area contributed by atoms with Gasteiger partial charge in [0.15, 0.2) is 11.6 Å². The van der Waals surface area contributed by atoms with Gasteiger partial charge < -0.3 is 0 Å². The lowest BCUT2D eigenvalue weighted by atomic mass is 9.73. The summed E-state index contributed by atoms with van der Waals surface area (Å²) in [7, 11) is 0. The Balaban J connectivity index is 2.41. The van der Waals surface area contributed by atoms with Crippen LogP contribution in [0.25, 0.3) is 0 Å². The maximum atomic E-state index is 14.4. The summed E-state index contributed by atoms with van der Waals surface area (Å²) in [6.07, 6.45) is 5.71. The average Bonchev–Trinajstić information content (AvgIpc) is 2.39. The van der Waals surface area contributed by atoms with E-state index in [1.54, 1.807) is 0 Å². The zero-order chi connectivity index (χ0) is 14.0. The van der Waals surface area contributed by atoms with Gasteiger partial charge in [-0.1, -0.05) is 46.1 Å². The van der Waals surface area contributed by atoms with E-state index in [0.717, 1.165) is 37.7 Å². The minimum Gasteiger partial charge on any atom is -0.203 e. The molecule has 1 aliphatic carbocycles. The van der Waals surface area contributed by atoms with Crippen molar-refractivity contribution >= 4 is 0 Å². The van der Waals surface area contributed by atoms with E-state index in [9.17, 15) is 8.78 Å². The Kier molecular flexibility index (Phi) is 4.59. The fourth-order valence-corrected chi connectivity index (χ4v) is 3.49. The predicted molar refractivity (Wildman–Crippen MR) is 75.5 cm³/mol. The Morgan fingerprint density at radius 1 is 1.16 bits per heavy atom. The van der Waals surface area contributed by atoms with Crippen LogP contribution in [0.1, 0.15) is 69.1 Å². The lowest BCUT2D eigenvalue weighted by Gasteiger charge is -2.32. The molecule has 2 rings (SSSR count). The Morgan fingerprint density at radius 2 is 1.89 bits per heavy atom. The standard InChI is InChI=1S/C17H24F2/c1-4-6-12-8-9-13-10-14(7-5-2)16(18)17(19)15(13)11(12)3/h10-12H,4-9H2,1-3H3. The largest absolute Gasteiger partial charge is 0.203 e. The SMILES string of the molecule is CCCc1cc2c(c(F)c1F)C(C)C(CCC)CC2. The summed E-state index contributed by atoms with van der Waals surface area (Å²) in [4.78, 5) is 0. The van der Waals surface area contributed by atoms with Gasteiger partial charge >= 0.3 is 0 Å². The van der Waals surface area contributed by atoms with Crippen molar-refractivity contribution in [2.75, 3.05) is 0 Å². The molecule has 2 unspecified atom stereocenters. The molecule has 1 aliphatic rings. The average molecular weight is 266 g/mol. The normalized spacial score (nSPS) is 22.4. The monoisotopic (exact) mass is 266 g/mol. The van der Waals surface area contributed by atoms with Crippen molar-refractivity contribution in [1.82, 2.24) is 0 Å². The summed E-state index contributed by atoms with van der Waals surface area (Å²) >= 11 is 0. The van der Waals surface area contributed by atoms with E-state index in [-0.39, 0.29) is 5.92 Å². The highest BCUT2D eigenvalue weighted by Crippen LogP contribution is 2.41. The second-order valence-corrected chi connectivity index (χ2v) is 5.86. The van der Waals surface area contributed by atoms with Crippen molar-refractivity contribution < 1.29 is 8.78 Å². The molecule has 106 valence electrons. The highest BCUT2D eigenvalue weighted by atomic mass is 19.2. The van der Waals surface area contributed by atoms with E-state index in [2.05, 4.69) is 13.8 Å². The van der Waals surface area contributed by atoms with Gasteiger partial charge in [-0.05, 0) is 47.8 Å². The predicted octanol–water partition coefficient (Wildman–Crippen LogP) is 5.38. The Hall–Kier alpha value is -0.920. The fourth-order valence-electron chi connectivity index (χ4n) is 3.49. The molecule has 2 atom stereocenters. The van der Waals surface area contributed by atoms with Gasteiger partial charge in [0.1, 0.15) is 0 Å². The number of hydrogen-bond donors (Lipinski definition) is 0. The van der Waals surface area contributed by atoms with Crippen molar-refractivity contribution in [1.29, 1.82) is 0 Å². The van der Waals surface area contributed by atoms with Crippen molar-refractivity contribution in [2.24, 2.45) is 5.92 Å². The minimum absolute atomic E-state index is 0.147. The van der Waals surface area contributed by atoms with E-state index in [1.807, 2.05) is 13.0 Å². The van der Waals surface area contributed by atoms with Crippen LogP contribution in [0, 0.1) is 17.6 Å². The van der Waals surface area contributed by atoms with Crippen LogP contribution >= 0.6 is 0 Å². The molecule has 0 heterocycles. The van der Waals surface area contributed by atoms with Gasteiger partial charge in [0.05, 0.1) is 0 Å². The maximum Gasteiger partial charge on any atom is 0.162 e. The van der Waals surface area contributed by atoms with Gasteiger partial charge in [-0.15, -0.1) is 0 Å². The maximum absolute atomic E-state index is 14.4. The van der Waals surface area contributed by atoms with Crippen molar-refractivity contribution in [3.8, 4) is 0 Å². The van der Waals surface area contributed by atoms with Gasteiger partial charge in [-0.2, -0.15) is 0 Å². The van der Waals surface area contributed by atoms with Gasteiger partial charge in [0.2, 0.25) is 0 Å². The van der Waals surface area contributed by atoms with Crippen molar-refractivity contribution in [3.05, 3.63) is 34.4 Å². The molecular weight excluding hydrogens is 242 g/mol. The first-order chi connectivity index (χ1) is 9.10. The molecule has 19 heavy (non-hydrogen) atoms. The lowest BCUT2D eigenvalue weighted by molar-refractivity contribution is 0.346. The van der Waals surface area contributed by atoms with Crippen LogP contribution in [-0.4, -0.2) is 0 Å². The first-order valence-electron chi connectivity index (χ1n) is 7.59. The summed E-state index contributed by atoms with van der Waals surface area (Å²) in [5.74, 6) is -0.531. The first kappa shape index (κ1) is 14.5. The van der Waals surface area contributed by atoms with Gasteiger partial charge in [0, 0.05) is 0 Å². The quantitative estimate of drug-likeness (QED) is 0.686. The fraction of sp³-hybridized carbons (Fsp3) is 0.647. The van der Waals surface area contributed by atoms with E-state index in [4.69, 9.17) is 0 Å². The molecule has 1 aromatic rings. The number of fused-ring (bicyclic) bond motifs is 1. The summed E-state index contributed by atoms with van der Waals surface area (Å²) in [5, 5.41) is 0. The highest BCUT2D eigenvalue weighted by Gasteiger charge is 2.30. The summed E-state index contributed by atoms with van der Waals surface area (Å²) in [6.45, 7) is 6.21. The number of hydrogen-bond acceptors (Lipinski definition) is 0. The Labute approximate surface area is 115 Å². The van der Waals surface area contributed by atoms with Crippen LogP contribution in [0.2, 0.25) is 0 Å². The third kappa shape index (κ3) is 2.68. The molecule has 0 aromatic heterocycles. The lowest BCUT2D eigenvalue weighted by Crippen LogP contribution is -2.21. The van der Waals surface area contributed by atoms with Gasteiger partial charge in [-0.25, -0.2) is 8.78 Å². The number of halogens is 2. The number of rotatable bonds is 4. The number of aryl methyl sites for hydroxylation is 2. The molecule has 0 spiro atoms. The molecule has 0 saturated carbocycles. The van der Waals surface area contributed by atoms with E-state index < -0.39 is 11.6 Å². The zero-order valence-corrected chi connectivity index (χ0v) is 12.2. The molecule has 2 heteroatoms. The van der Waals surface area contributed by atoms with Crippen LogP contribution in [0.3, 0.4) is 0 Å². The van der Waals surface area contributed by atoms with Crippen LogP contribution in [0.15, 0.2) is 6.07 Å². The third-order valence-electron chi connectivity index (χ3n) is 4.53. The van der Waals surface area contributed by atoms with Crippen LogP contribution in [0.5, 0.6) is 0 Å². The Morgan fingerprint density at radius 3 is 2.53 bits per heavy atom. The molecule has 1 aromatic carbocycles. The third-order valence-corrected chi connectivity index (χ3v) is 4.53. The molecule has 0 amide bonds. The molecule has 0 nitrogen and oxygen atoms in total. The van der Waals surface area contributed by atoms with Crippen molar-refractivity contribution in [2.45, 2.75) is 65.2 Å².